The Morgan fingerprint density at radius 3 is 2.41 bits per heavy atom. The zero-order chi connectivity index (χ0) is 20.7. The molecular formula is C25H42N2. The van der Waals surface area contributed by atoms with E-state index in [2.05, 4.69) is 71.6 Å². The molecule has 0 spiro atoms. The van der Waals surface area contributed by atoms with E-state index >= 15 is 0 Å². The first-order chi connectivity index (χ1) is 12.9. The van der Waals surface area contributed by atoms with E-state index in [0.717, 1.165) is 29.8 Å². The molecular weight excluding hydrogens is 328 g/mol. The lowest BCUT2D eigenvalue weighted by Crippen LogP contribution is -2.14. The Morgan fingerprint density at radius 2 is 1.85 bits per heavy atom. The number of allylic oxidation sites excluding steroid dienone is 8. The van der Waals surface area contributed by atoms with E-state index in [0.29, 0.717) is 5.92 Å². The molecule has 2 heteroatoms. The van der Waals surface area contributed by atoms with Crippen molar-refractivity contribution in [2.24, 2.45) is 11.0 Å². The van der Waals surface area contributed by atoms with E-state index in [1.165, 1.54) is 31.3 Å². The first kappa shape index (κ1) is 25.2. The molecule has 0 aromatic heterocycles. The summed E-state index contributed by atoms with van der Waals surface area (Å²) < 4.78 is 0. The SMILES string of the molecule is C=C/C(C)=C/C=C\C(=CCC)N(C)/N=C(CC)\C(C)=C/C(C)CCCCC. The third-order valence-electron chi connectivity index (χ3n) is 4.59. The predicted octanol–water partition coefficient (Wildman–Crippen LogP) is 7.83. The van der Waals surface area contributed by atoms with Gasteiger partial charge in [0, 0.05) is 7.05 Å². The Bertz CT molecular complexity index is 573. The van der Waals surface area contributed by atoms with Crippen molar-refractivity contribution in [2.75, 3.05) is 7.05 Å². The average molecular weight is 371 g/mol. The lowest BCUT2D eigenvalue weighted by Gasteiger charge is -2.18. The minimum absolute atomic E-state index is 0.608. The molecule has 1 unspecified atom stereocenters. The summed E-state index contributed by atoms with van der Waals surface area (Å²) in [5.74, 6) is 0.608. The highest BCUT2D eigenvalue weighted by Crippen LogP contribution is 2.16. The second kappa shape index (κ2) is 15.2. The topological polar surface area (TPSA) is 15.6 Å². The van der Waals surface area contributed by atoms with Crippen LogP contribution in [-0.4, -0.2) is 17.8 Å². The molecule has 0 aliphatic heterocycles. The van der Waals surface area contributed by atoms with Gasteiger partial charge >= 0.3 is 0 Å². The molecule has 0 N–H and O–H groups in total. The molecule has 0 bridgehead atoms. The molecule has 0 aliphatic rings. The third kappa shape index (κ3) is 11.5. The van der Waals surface area contributed by atoms with Gasteiger partial charge in [-0.3, -0.25) is 5.01 Å². The monoisotopic (exact) mass is 370 g/mol. The van der Waals surface area contributed by atoms with Crippen molar-refractivity contribution < 1.29 is 0 Å². The zero-order valence-electron chi connectivity index (χ0n) is 18.9. The number of hydrogen-bond donors (Lipinski definition) is 0. The molecule has 0 radical (unpaired) electrons. The fraction of sp³-hybridized carbons (Fsp3) is 0.560. The van der Waals surface area contributed by atoms with E-state index in [1.807, 2.05) is 25.1 Å². The lowest BCUT2D eigenvalue weighted by atomic mass is 9.98. The summed E-state index contributed by atoms with van der Waals surface area (Å²) in [7, 11) is 2.03. The molecule has 0 heterocycles. The molecule has 0 saturated carbocycles. The molecule has 2 nitrogen and oxygen atoms in total. The number of hydrazone groups is 1. The molecule has 0 amide bonds. The minimum atomic E-state index is 0.608. The molecule has 27 heavy (non-hydrogen) atoms. The Morgan fingerprint density at radius 1 is 1.15 bits per heavy atom. The summed E-state index contributed by atoms with van der Waals surface area (Å²) in [4.78, 5) is 0. The summed E-state index contributed by atoms with van der Waals surface area (Å²) >= 11 is 0. The van der Waals surface area contributed by atoms with Crippen molar-refractivity contribution in [2.45, 2.75) is 80.1 Å². The van der Waals surface area contributed by atoms with Crippen LogP contribution in [0.4, 0.5) is 0 Å². The van der Waals surface area contributed by atoms with E-state index in [9.17, 15) is 0 Å². The molecule has 0 rings (SSSR count). The lowest BCUT2D eigenvalue weighted by molar-refractivity contribution is 0.457. The number of nitrogens with zero attached hydrogens (tertiary/aromatic N) is 2. The van der Waals surface area contributed by atoms with Crippen LogP contribution in [-0.2, 0) is 0 Å². The van der Waals surface area contributed by atoms with Crippen molar-refractivity contribution in [1.82, 2.24) is 5.01 Å². The second-order valence-corrected chi connectivity index (χ2v) is 7.26. The predicted molar refractivity (Wildman–Crippen MR) is 124 cm³/mol. The largest absolute Gasteiger partial charge is 0.269 e. The Labute approximate surface area is 169 Å². The van der Waals surface area contributed by atoms with Gasteiger partial charge in [-0.25, -0.2) is 0 Å². The highest BCUT2D eigenvalue weighted by Gasteiger charge is 2.06. The molecule has 1 atom stereocenters. The Hall–Kier alpha value is -1.83. The smallest absolute Gasteiger partial charge is 0.0632 e. The molecule has 0 fully saturated rings. The van der Waals surface area contributed by atoms with Crippen LogP contribution in [0, 0.1) is 5.92 Å². The van der Waals surface area contributed by atoms with Crippen LogP contribution < -0.4 is 0 Å². The number of unbranched alkanes of at least 4 members (excludes halogenated alkanes) is 2. The van der Waals surface area contributed by atoms with Crippen LogP contribution in [0.5, 0.6) is 0 Å². The van der Waals surface area contributed by atoms with Crippen molar-refractivity contribution in [3.8, 4) is 0 Å². The second-order valence-electron chi connectivity index (χ2n) is 7.26. The quantitative estimate of drug-likeness (QED) is 0.140. The van der Waals surface area contributed by atoms with Gasteiger partial charge in [-0.05, 0) is 50.7 Å². The fourth-order valence-electron chi connectivity index (χ4n) is 2.87. The van der Waals surface area contributed by atoms with Crippen LogP contribution in [0.3, 0.4) is 0 Å². The van der Waals surface area contributed by atoms with Gasteiger partial charge in [-0.1, -0.05) is 89.5 Å². The van der Waals surface area contributed by atoms with Gasteiger partial charge < -0.3 is 0 Å². The van der Waals surface area contributed by atoms with Crippen molar-refractivity contribution in [3.63, 3.8) is 0 Å². The highest BCUT2D eigenvalue weighted by atomic mass is 15.4. The Balaban J connectivity index is 5.29. The van der Waals surface area contributed by atoms with Crippen LogP contribution in [0.2, 0.25) is 0 Å². The summed E-state index contributed by atoms with van der Waals surface area (Å²) in [6.07, 6.45) is 19.8. The standard InChI is InChI=1S/C25H42N2/c1-9-13-14-17-22(6)20-23(7)25(12-4)26-27(8)24(16-10-2)19-15-18-21(5)11-3/h11,15-16,18-20,22H,3,9-10,12-14,17H2,1-2,4-8H3/b19-15-,21-18+,23-20-,24-16?,26-25-. The maximum Gasteiger partial charge on any atom is 0.0632 e. The van der Waals surface area contributed by atoms with Crippen molar-refractivity contribution in [3.05, 3.63) is 59.9 Å². The normalized spacial score (nSPS) is 15.4. The van der Waals surface area contributed by atoms with Crippen molar-refractivity contribution in [1.29, 1.82) is 0 Å². The molecule has 0 aromatic rings. The average Bonchev–Trinajstić information content (AvgIpc) is 2.64. The highest BCUT2D eigenvalue weighted by molar-refractivity contribution is 5.99. The van der Waals surface area contributed by atoms with Gasteiger partial charge in [0.05, 0.1) is 11.4 Å². The fourth-order valence-corrected chi connectivity index (χ4v) is 2.87. The van der Waals surface area contributed by atoms with Gasteiger partial charge in [0.1, 0.15) is 0 Å². The maximum absolute atomic E-state index is 4.90. The van der Waals surface area contributed by atoms with E-state index in [4.69, 9.17) is 5.10 Å². The number of hydrogen-bond acceptors (Lipinski definition) is 2. The number of likely N-dealkylation sites (N-methyl/N-ethyl adjacent to an activating group) is 1. The van der Waals surface area contributed by atoms with Gasteiger partial charge in [-0.2, -0.15) is 5.10 Å². The van der Waals surface area contributed by atoms with Gasteiger partial charge in [0.2, 0.25) is 0 Å². The van der Waals surface area contributed by atoms with Crippen LogP contribution >= 0.6 is 0 Å². The molecule has 0 aliphatic carbocycles. The summed E-state index contributed by atoms with van der Waals surface area (Å²) in [5, 5.41) is 6.90. The third-order valence-corrected chi connectivity index (χ3v) is 4.59. The summed E-state index contributed by atoms with van der Waals surface area (Å²) in [5.41, 5.74) is 4.72. The van der Waals surface area contributed by atoms with E-state index in [-0.39, 0.29) is 0 Å². The van der Waals surface area contributed by atoms with E-state index < -0.39 is 0 Å². The summed E-state index contributed by atoms with van der Waals surface area (Å²) in [6.45, 7) is 16.9. The Kier molecular flexibility index (Phi) is 14.2. The maximum atomic E-state index is 4.90. The molecule has 152 valence electrons. The minimum Gasteiger partial charge on any atom is -0.269 e. The first-order valence-corrected chi connectivity index (χ1v) is 10.6. The van der Waals surface area contributed by atoms with Gasteiger partial charge in [0.15, 0.2) is 0 Å². The van der Waals surface area contributed by atoms with Gasteiger partial charge in [-0.15, -0.1) is 0 Å². The van der Waals surface area contributed by atoms with Crippen LogP contribution in [0.15, 0.2) is 65.0 Å². The van der Waals surface area contributed by atoms with Gasteiger partial charge in [0.25, 0.3) is 0 Å². The molecule has 0 saturated heterocycles. The van der Waals surface area contributed by atoms with Crippen LogP contribution in [0.25, 0.3) is 0 Å². The van der Waals surface area contributed by atoms with E-state index in [1.54, 1.807) is 0 Å². The van der Waals surface area contributed by atoms with Crippen LogP contribution in [0.1, 0.15) is 80.1 Å². The first-order valence-electron chi connectivity index (χ1n) is 10.6. The van der Waals surface area contributed by atoms with Crippen molar-refractivity contribution >= 4 is 5.71 Å². The summed E-state index contributed by atoms with van der Waals surface area (Å²) in [6, 6.07) is 0. The zero-order valence-corrected chi connectivity index (χ0v) is 18.9. The number of rotatable bonds is 13. The molecule has 0 aromatic carbocycles.